The van der Waals surface area contributed by atoms with Crippen molar-refractivity contribution in [3.63, 3.8) is 0 Å². The number of likely N-dealkylation sites (N-methyl/N-ethyl adjacent to an activating group) is 1. The second-order valence-electron chi connectivity index (χ2n) is 6.28. The van der Waals surface area contributed by atoms with Crippen molar-refractivity contribution in [2.45, 2.75) is 33.4 Å². The molecule has 5 heteroatoms. The number of rotatable bonds is 7. The minimum absolute atomic E-state index is 0.0121. The van der Waals surface area contributed by atoms with Crippen molar-refractivity contribution < 1.29 is 14.7 Å². The number of hydrogen-bond donors (Lipinski definition) is 2. The first-order chi connectivity index (χ1) is 9.84. The van der Waals surface area contributed by atoms with E-state index in [2.05, 4.69) is 5.48 Å². The maximum Gasteiger partial charge on any atom is 0.257 e. The number of nitrogens with one attached hydrogen (secondary N) is 1. The molecule has 0 spiro atoms. The van der Waals surface area contributed by atoms with Gasteiger partial charge in [-0.25, -0.2) is 5.48 Å². The summed E-state index contributed by atoms with van der Waals surface area (Å²) in [5, 5.41) is 9.47. The summed E-state index contributed by atoms with van der Waals surface area (Å²) in [7, 11) is 1.82. The highest BCUT2D eigenvalue weighted by Gasteiger charge is 2.28. The number of carbonyl (C=O) groups is 1. The van der Waals surface area contributed by atoms with E-state index in [0.717, 1.165) is 5.56 Å². The van der Waals surface area contributed by atoms with E-state index in [0.29, 0.717) is 6.61 Å². The number of nitrogens with zero attached hydrogens (tertiary/aromatic N) is 1. The average Bonchev–Trinajstić information content (AvgIpc) is 2.38. The van der Waals surface area contributed by atoms with E-state index in [1.165, 1.54) is 0 Å². The summed E-state index contributed by atoms with van der Waals surface area (Å²) in [6.45, 7) is 6.63. The van der Waals surface area contributed by atoms with Crippen molar-refractivity contribution in [1.82, 2.24) is 10.4 Å². The number of hydroxylamine groups is 1. The molecule has 0 aromatic heterocycles. The summed E-state index contributed by atoms with van der Waals surface area (Å²) in [5.74, 6) is -0.226. The minimum atomic E-state index is -0.226. The van der Waals surface area contributed by atoms with Crippen LogP contribution in [0.2, 0.25) is 0 Å². The monoisotopic (exact) mass is 294 g/mol. The van der Waals surface area contributed by atoms with Crippen LogP contribution in [-0.4, -0.2) is 42.2 Å². The highest BCUT2D eigenvalue weighted by molar-refractivity contribution is 5.76. The number of carbonyl (C=O) groups excluding carboxylic acids is 1. The van der Waals surface area contributed by atoms with Crippen LogP contribution < -0.4 is 5.48 Å². The lowest BCUT2D eigenvalue weighted by molar-refractivity contribution is -0.136. The zero-order valence-corrected chi connectivity index (χ0v) is 13.3. The van der Waals surface area contributed by atoms with Gasteiger partial charge in [-0.2, -0.15) is 0 Å². The summed E-state index contributed by atoms with van der Waals surface area (Å²) in [6, 6.07) is 9.54. The van der Waals surface area contributed by atoms with Crippen LogP contribution in [0.5, 0.6) is 0 Å². The fraction of sp³-hybridized carbons (Fsp3) is 0.562. The Bertz CT molecular complexity index is 429. The second kappa shape index (κ2) is 8.12. The first kappa shape index (κ1) is 17.6. The maximum absolute atomic E-state index is 11.8. The SMILES string of the molecule is CN(CC(=O)NOCc1ccccc1)C(CO)C(C)(C)C. The summed E-state index contributed by atoms with van der Waals surface area (Å²) in [6.07, 6.45) is 0. The lowest BCUT2D eigenvalue weighted by Crippen LogP contribution is -2.48. The van der Waals surface area contributed by atoms with Crippen LogP contribution in [0.25, 0.3) is 0 Å². The molecule has 1 aromatic carbocycles. The molecule has 0 saturated carbocycles. The normalized spacial score (nSPS) is 13.2. The summed E-state index contributed by atoms with van der Waals surface area (Å²) in [5.41, 5.74) is 3.32. The molecule has 1 unspecified atom stereocenters. The molecular formula is C16H26N2O3. The number of hydrogen-bond acceptors (Lipinski definition) is 4. The van der Waals surface area contributed by atoms with Gasteiger partial charge in [0.05, 0.1) is 19.8 Å². The van der Waals surface area contributed by atoms with E-state index < -0.39 is 0 Å². The largest absolute Gasteiger partial charge is 0.395 e. The molecule has 0 fully saturated rings. The molecule has 0 aliphatic carbocycles. The van der Waals surface area contributed by atoms with Crippen molar-refractivity contribution in [3.8, 4) is 0 Å². The average molecular weight is 294 g/mol. The zero-order chi connectivity index (χ0) is 15.9. The smallest absolute Gasteiger partial charge is 0.257 e. The van der Waals surface area contributed by atoms with E-state index in [1.807, 2.05) is 63.1 Å². The highest BCUT2D eigenvalue weighted by atomic mass is 16.6. The maximum atomic E-state index is 11.8. The van der Waals surface area contributed by atoms with E-state index in [4.69, 9.17) is 4.84 Å². The van der Waals surface area contributed by atoms with Gasteiger partial charge in [-0.3, -0.25) is 14.5 Å². The molecule has 1 rings (SSSR count). The van der Waals surface area contributed by atoms with Gasteiger partial charge in [-0.05, 0) is 18.0 Å². The summed E-state index contributed by atoms with van der Waals surface area (Å²) >= 11 is 0. The van der Waals surface area contributed by atoms with Crippen molar-refractivity contribution in [2.75, 3.05) is 20.2 Å². The van der Waals surface area contributed by atoms with Crippen molar-refractivity contribution >= 4 is 5.91 Å². The van der Waals surface area contributed by atoms with E-state index in [-0.39, 0.29) is 30.5 Å². The van der Waals surface area contributed by atoms with Crippen LogP contribution in [0.1, 0.15) is 26.3 Å². The van der Waals surface area contributed by atoms with Gasteiger partial charge in [0.25, 0.3) is 5.91 Å². The number of amides is 1. The van der Waals surface area contributed by atoms with Gasteiger partial charge >= 0.3 is 0 Å². The second-order valence-corrected chi connectivity index (χ2v) is 6.28. The van der Waals surface area contributed by atoms with Gasteiger partial charge in [-0.1, -0.05) is 51.1 Å². The Hall–Kier alpha value is -1.43. The van der Waals surface area contributed by atoms with Gasteiger partial charge in [-0.15, -0.1) is 0 Å². The standard InChI is InChI=1S/C16H26N2O3/c1-16(2,3)14(11-19)18(4)10-15(20)17-21-12-13-8-6-5-7-9-13/h5-9,14,19H,10-12H2,1-4H3,(H,17,20). The molecule has 21 heavy (non-hydrogen) atoms. The van der Waals surface area contributed by atoms with Gasteiger partial charge < -0.3 is 5.11 Å². The van der Waals surface area contributed by atoms with Gasteiger partial charge in [0.15, 0.2) is 0 Å². The number of benzene rings is 1. The molecule has 1 atom stereocenters. The van der Waals surface area contributed by atoms with E-state index in [1.54, 1.807) is 0 Å². The third-order valence-electron chi connectivity index (χ3n) is 3.37. The Balaban J connectivity index is 2.36. The summed E-state index contributed by atoms with van der Waals surface area (Å²) < 4.78 is 0. The third-order valence-corrected chi connectivity index (χ3v) is 3.37. The number of aliphatic hydroxyl groups excluding tert-OH is 1. The lowest BCUT2D eigenvalue weighted by atomic mass is 9.86. The van der Waals surface area contributed by atoms with Crippen molar-refractivity contribution in [2.24, 2.45) is 5.41 Å². The molecule has 0 bridgehead atoms. The van der Waals surface area contributed by atoms with Crippen LogP contribution in [0.4, 0.5) is 0 Å². The Morgan fingerprint density at radius 1 is 1.33 bits per heavy atom. The Kier molecular flexibility index (Phi) is 6.81. The minimum Gasteiger partial charge on any atom is -0.395 e. The Labute approximate surface area is 126 Å². The van der Waals surface area contributed by atoms with Gasteiger partial charge in [0.1, 0.15) is 0 Å². The molecule has 0 radical (unpaired) electrons. The first-order valence-corrected chi connectivity index (χ1v) is 7.10. The van der Waals surface area contributed by atoms with Crippen LogP contribution in [0.3, 0.4) is 0 Å². The molecule has 0 saturated heterocycles. The molecule has 1 amide bonds. The van der Waals surface area contributed by atoms with Crippen LogP contribution in [0, 0.1) is 5.41 Å². The highest BCUT2D eigenvalue weighted by Crippen LogP contribution is 2.22. The fourth-order valence-corrected chi connectivity index (χ4v) is 2.22. The molecule has 2 N–H and O–H groups in total. The summed E-state index contributed by atoms with van der Waals surface area (Å²) in [4.78, 5) is 18.9. The van der Waals surface area contributed by atoms with Crippen molar-refractivity contribution in [1.29, 1.82) is 0 Å². The van der Waals surface area contributed by atoms with Crippen molar-refractivity contribution in [3.05, 3.63) is 35.9 Å². The predicted molar refractivity (Wildman–Crippen MR) is 82.3 cm³/mol. The topological polar surface area (TPSA) is 61.8 Å². The first-order valence-electron chi connectivity index (χ1n) is 7.10. The van der Waals surface area contributed by atoms with Crippen LogP contribution in [-0.2, 0) is 16.2 Å². The Morgan fingerprint density at radius 2 is 1.95 bits per heavy atom. The molecular weight excluding hydrogens is 268 g/mol. The van der Waals surface area contributed by atoms with Crippen LogP contribution >= 0.6 is 0 Å². The molecule has 5 nitrogen and oxygen atoms in total. The molecule has 0 heterocycles. The van der Waals surface area contributed by atoms with Crippen LogP contribution in [0.15, 0.2) is 30.3 Å². The quantitative estimate of drug-likeness (QED) is 0.749. The van der Waals surface area contributed by atoms with E-state index in [9.17, 15) is 9.90 Å². The lowest BCUT2D eigenvalue weighted by Gasteiger charge is -2.36. The number of aliphatic hydroxyl groups is 1. The predicted octanol–water partition coefficient (Wildman–Crippen LogP) is 1.57. The van der Waals surface area contributed by atoms with E-state index >= 15 is 0 Å². The fourth-order valence-electron chi connectivity index (χ4n) is 2.22. The molecule has 0 aliphatic heterocycles. The van der Waals surface area contributed by atoms with Gasteiger partial charge in [0, 0.05) is 6.04 Å². The molecule has 1 aromatic rings. The molecule has 118 valence electrons. The Morgan fingerprint density at radius 3 is 2.48 bits per heavy atom. The third kappa shape index (κ3) is 6.25. The molecule has 0 aliphatic rings. The van der Waals surface area contributed by atoms with Gasteiger partial charge in [0.2, 0.25) is 0 Å². The zero-order valence-electron chi connectivity index (χ0n) is 13.3.